The van der Waals surface area contributed by atoms with Gasteiger partial charge in [-0.15, -0.1) is 11.3 Å². The highest BCUT2D eigenvalue weighted by molar-refractivity contribution is 8.76. The Kier molecular flexibility index (Phi) is 29.9. The van der Waals surface area contributed by atoms with Crippen molar-refractivity contribution in [2.24, 2.45) is 23.5 Å². The summed E-state index contributed by atoms with van der Waals surface area (Å²) in [6.07, 6.45) is 13.3. The van der Waals surface area contributed by atoms with Crippen LogP contribution in [0.15, 0.2) is 29.6 Å². The minimum atomic E-state index is -0.906. The van der Waals surface area contributed by atoms with Gasteiger partial charge in [0.2, 0.25) is 17.7 Å². The van der Waals surface area contributed by atoms with Gasteiger partial charge in [-0.05, 0) is 88.2 Å². The highest BCUT2D eigenvalue weighted by Gasteiger charge is 2.37. The number of aromatic nitrogens is 1. The molecule has 1 aliphatic rings. The maximum atomic E-state index is 14.3. The Hall–Kier alpha value is -3.98. The molecular weight excluding hydrogens is 980 g/mol. The van der Waals surface area contributed by atoms with Gasteiger partial charge in [-0.3, -0.25) is 34.3 Å². The van der Waals surface area contributed by atoms with Gasteiger partial charge in [0.25, 0.3) is 5.91 Å². The van der Waals surface area contributed by atoms with Crippen molar-refractivity contribution in [1.29, 1.82) is 0 Å². The maximum absolute atomic E-state index is 14.3. The summed E-state index contributed by atoms with van der Waals surface area (Å²) >= 11 is 1.14. The van der Waals surface area contributed by atoms with Gasteiger partial charge in [0.1, 0.15) is 29.2 Å². The quantitative estimate of drug-likeness (QED) is 0.0196. The van der Waals surface area contributed by atoms with E-state index in [1.807, 2.05) is 39.6 Å². The summed E-state index contributed by atoms with van der Waals surface area (Å²) in [5.41, 5.74) is 11.1. The maximum Gasteiger partial charge on any atom is 0.426 e. The van der Waals surface area contributed by atoms with Gasteiger partial charge in [-0.25, -0.2) is 19.6 Å². The number of thiazole rings is 1. The van der Waals surface area contributed by atoms with Crippen molar-refractivity contribution in [2.75, 3.05) is 45.3 Å². The molecule has 16 nitrogen and oxygen atoms in total. The minimum absolute atomic E-state index is 0.0583. The molecule has 1 fully saturated rings. The fourth-order valence-electron chi connectivity index (χ4n) is 8.75. The third-order valence-corrected chi connectivity index (χ3v) is 16.7. The lowest BCUT2D eigenvalue weighted by molar-refractivity contribution is -0.149. The number of piperidine rings is 1. The summed E-state index contributed by atoms with van der Waals surface area (Å²) in [7, 11) is 7.04. The summed E-state index contributed by atoms with van der Waals surface area (Å²) in [5.74, 6) is -1.72. The molecule has 1 aromatic heterocycles. The number of unbranched alkanes of at least 4 members (excludes halogenated alkanes) is 8. The van der Waals surface area contributed by atoms with Crippen LogP contribution in [0.5, 0.6) is 0 Å². The average molecular weight is 1070 g/mol. The van der Waals surface area contributed by atoms with Gasteiger partial charge in [-0.2, -0.15) is 0 Å². The van der Waals surface area contributed by atoms with Crippen LogP contribution in [0, 0.1) is 23.6 Å². The number of ether oxygens (including phenoxy) is 2. The van der Waals surface area contributed by atoms with E-state index in [1.165, 1.54) is 64.0 Å². The van der Waals surface area contributed by atoms with Crippen molar-refractivity contribution >= 4 is 68.6 Å². The Balaban J connectivity index is 1.59. The number of likely N-dealkylation sites (tertiary alicyclic amines) is 1. The molecule has 7 atom stereocenters. The lowest BCUT2D eigenvalue weighted by Crippen LogP contribution is -2.58. The first kappa shape index (κ1) is 62.3. The third kappa shape index (κ3) is 23.1. The number of carbonyl (C=O) groups is 6. The highest BCUT2D eigenvalue weighted by atomic mass is 33.1. The molecule has 2 heterocycles. The van der Waals surface area contributed by atoms with Crippen LogP contribution in [0.1, 0.15) is 165 Å². The first-order chi connectivity index (χ1) is 34.4. The summed E-state index contributed by atoms with van der Waals surface area (Å²) in [4.78, 5) is 88.2. The van der Waals surface area contributed by atoms with E-state index in [2.05, 4.69) is 26.5 Å². The monoisotopic (exact) mass is 1060 g/mol. The molecule has 0 bridgehead atoms. The smallest absolute Gasteiger partial charge is 0.426 e. The van der Waals surface area contributed by atoms with Crippen molar-refractivity contribution in [3.63, 3.8) is 0 Å². The Labute approximate surface area is 440 Å². The van der Waals surface area contributed by atoms with Crippen LogP contribution in [0.4, 0.5) is 9.18 Å². The zero-order chi connectivity index (χ0) is 53.0. The number of carbonyl (C=O) groups excluding carboxylic acids is 6. The van der Waals surface area contributed by atoms with Crippen LogP contribution in [0.25, 0.3) is 0 Å². The van der Waals surface area contributed by atoms with Crippen molar-refractivity contribution in [3.05, 3.63) is 51.7 Å². The number of benzene rings is 1. The lowest BCUT2D eigenvalue weighted by Gasteiger charge is -2.38. The molecule has 2 aromatic rings. The fraction of sp³-hybridized carbons (Fsp3) is 0.712. The van der Waals surface area contributed by atoms with Crippen molar-refractivity contribution in [3.8, 4) is 0 Å². The van der Waals surface area contributed by atoms with Gasteiger partial charge in [-0.1, -0.05) is 126 Å². The van der Waals surface area contributed by atoms with E-state index in [4.69, 9.17) is 15.2 Å². The summed E-state index contributed by atoms with van der Waals surface area (Å²) in [6, 6.07) is 3.71. The van der Waals surface area contributed by atoms with E-state index < -0.39 is 59.8 Å². The summed E-state index contributed by atoms with van der Waals surface area (Å²) < 4.78 is 24.9. The molecule has 1 unspecified atom stereocenters. The molecule has 3 rings (SSSR count). The second kappa shape index (κ2) is 34.5. The van der Waals surface area contributed by atoms with Gasteiger partial charge in [0, 0.05) is 55.3 Å². The van der Waals surface area contributed by atoms with E-state index in [9.17, 15) is 33.2 Å². The summed E-state index contributed by atoms with van der Waals surface area (Å²) in [6.45, 7) is 12.6. The number of nitrogens with one attached hydrogen (secondary N) is 4. The molecule has 72 heavy (non-hydrogen) atoms. The molecule has 5 amide bonds. The third-order valence-electron chi connectivity index (χ3n) is 13.3. The molecule has 1 aromatic carbocycles. The molecule has 0 aliphatic carbocycles. The van der Waals surface area contributed by atoms with Gasteiger partial charge in [0.15, 0.2) is 6.10 Å². The second-order valence-corrected chi connectivity index (χ2v) is 23.1. The summed E-state index contributed by atoms with van der Waals surface area (Å²) in [5, 5.41) is 7.99. The van der Waals surface area contributed by atoms with E-state index in [0.29, 0.717) is 17.2 Å². The molecule has 0 saturated carbocycles. The van der Waals surface area contributed by atoms with Crippen molar-refractivity contribution < 1.29 is 42.6 Å². The van der Waals surface area contributed by atoms with Crippen LogP contribution in [-0.2, 0) is 35.1 Å². The normalized spacial score (nSPS) is 16.4. The molecule has 0 radical (unpaired) electrons. The minimum Gasteiger partial charge on any atom is -0.455 e. The number of hydrazine groups is 1. The number of likely N-dealkylation sites (N-methyl/N-ethyl adjacent to an activating group) is 2. The SMILES string of the molecule is CC[C@H](C)C(NC(=O)[C@H]1CCCCN1C)C(=O)N(C)[C@H](C[C@@H](OC(C)=O)c1nc(C(=O)N[C@@H](Cc2ccc(F)cc2)C[C@H](C)C(=O)NNC(=O)OCCSSCCCCCCCCCCCN)cs1)C(C)C. The second-order valence-electron chi connectivity index (χ2n) is 19.5. The van der Waals surface area contributed by atoms with Gasteiger partial charge < -0.3 is 30.7 Å². The Morgan fingerprint density at radius 1 is 0.903 bits per heavy atom. The molecule has 1 saturated heterocycles. The number of rotatable bonds is 33. The van der Waals surface area contributed by atoms with Crippen molar-refractivity contribution in [1.82, 2.24) is 36.3 Å². The predicted octanol–water partition coefficient (Wildman–Crippen LogP) is 8.75. The fourth-order valence-corrected chi connectivity index (χ4v) is 11.6. The topological polar surface area (TPSA) is 214 Å². The number of amides is 5. The van der Waals surface area contributed by atoms with Crippen molar-refractivity contribution in [2.45, 2.75) is 175 Å². The van der Waals surface area contributed by atoms with Gasteiger partial charge in [0.05, 0.1) is 6.04 Å². The zero-order valence-electron chi connectivity index (χ0n) is 44.1. The standard InChI is InChI=1S/C52H85FN8O8S3/c1-9-36(4)46(57-49(65)43-21-17-19-27-60(43)7)51(66)61(8)44(35(2)3)33-45(69-38(6)62)50-56-42(34-70-50)48(64)55-41(32-39-22-24-40(53)25-23-39)31-37(5)47(63)58-59-52(67)68-28-30-72-71-29-20-16-14-12-10-11-13-15-18-26-54/h22-25,34-37,41,43-46H,9-21,26-33,54H2,1-8H3,(H,55,64)(H,57,65)(H,58,63)(H,59,67)/t36-,37-,41+,43+,44+,45+,46?/m0/s1. The predicted molar refractivity (Wildman–Crippen MR) is 288 cm³/mol. The number of hydrogen-bond donors (Lipinski definition) is 5. The number of esters is 1. The van der Waals surface area contributed by atoms with Gasteiger partial charge >= 0.3 is 12.1 Å². The van der Waals surface area contributed by atoms with E-state index in [0.717, 1.165) is 67.8 Å². The van der Waals surface area contributed by atoms with Crippen LogP contribution < -0.4 is 27.2 Å². The van der Waals surface area contributed by atoms with E-state index in [1.54, 1.807) is 58.0 Å². The first-order valence-corrected chi connectivity index (χ1v) is 29.4. The lowest BCUT2D eigenvalue weighted by atomic mass is 9.92. The first-order valence-electron chi connectivity index (χ1n) is 26.1. The Morgan fingerprint density at radius 3 is 2.18 bits per heavy atom. The van der Waals surface area contributed by atoms with E-state index >= 15 is 0 Å². The van der Waals surface area contributed by atoms with E-state index in [-0.39, 0.29) is 61.3 Å². The number of hydrogen-bond acceptors (Lipinski definition) is 14. The van der Waals surface area contributed by atoms with Crippen LogP contribution in [-0.4, -0.2) is 120 Å². The molecule has 1 aliphatic heterocycles. The molecular formula is C52H85FN8O8S3. The van der Waals surface area contributed by atoms with Crippen LogP contribution in [0.2, 0.25) is 0 Å². The molecule has 6 N–H and O–H groups in total. The number of halogens is 1. The largest absolute Gasteiger partial charge is 0.455 e. The molecule has 20 heteroatoms. The number of nitrogens with zero attached hydrogens (tertiary/aromatic N) is 3. The Morgan fingerprint density at radius 2 is 1.56 bits per heavy atom. The van der Waals surface area contributed by atoms with Crippen LogP contribution >= 0.6 is 32.9 Å². The zero-order valence-corrected chi connectivity index (χ0v) is 46.6. The van der Waals surface area contributed by atoms with Crippen LogP contribution in [0.3, 0.4) is 0 Å². The highest BCUT2D eigenvalue weighted by Crippen LogP contribution is 2.31. The number of nitrogens with two attached hydrogens (primary N) is 1. The Bertz CT molecular complexity index is 1950. The average Bonchev–Trinajstić information content (AvgIpc) is 3.85. The molecule has 406 valence electrons. The molecule has 0 spiro atoms.